The molecular weight excluding hydrogens is 408 g/mol. The van der Waals surface area contributed by atoms with E-state index in [0.717, 1.165) is 35.7 Å². The third-order valence-electron chi connectivity index (χ3n) is 5.92. The number of para-hydroxylation sites is 1. The fourth-order valence-corrected chi connectivity index (χ4v) is 5.29. The lowest BCUT2D eigenvalue weighted by atomic mass is 9.85. The Labute approximate surface area is 188 Å². The number of thioether (sulfide) groups is 1. The molecule has 2 aliphatic rings. The van der Waals surface area contributed by atoms with E-state index in [9.17, 15) is 4.79 Å². The lowest BCUT2D eigenvalue weighted by Gasteiger charge is -2.35. The second kappa shape index (κ2) is 9.60. The molecule has 0 bridgehead atoms. The molecular formula is C25H28N2O3S. The zero-order valence-corrected chi connectivity index (χ0v) is 19.0. The maximum atomic E-state index is 13.5. The Kier molecular flexibility index (Phi) is 6.66. The molecule has 2 aromatic carbocycles. The van der Waals surface area contributed by atoms with Gasteiger partial charge >= 0.3 is 0 Å². The van der Waals surface area contributed by atoms with Gasteiger partial charge in [-0.1, -0.05) is 44.0 Å². The molecule has 1 saturated heterocycles. The summed E-state index contributed by atoms with van der Waals surface area (Å²) < 4.78 is 10.7. The first-order chi connectivity index (χ1) is 15.1. The van der Waals surface area contributed by atoms with Crippen LogP contribution in [0.25, 0.3) is 6.08 Å². The Hall–Kier alpha value is -2.73. The Balaban J connectivity index is 1.71. The Morgan fingerprint density at radius 3 is 2.48 bits per heavy atom. The van der Waals surface area contributed by atoms with Crippen molar-refractivity contribution in [2.45, 2.75) is 38.6 Å². The molecule has 1 saturated carbocycles. The minimum absolute atomic E-state index is 0.0354. The largest absolute Gasteiger partial charge is 0.493 e. The zero-order chi connectivity index (χ0) is 21.8. The van der Waals surface area contributed by atoms with Gasteiger partial charge in [0.05, 0.1) is 24.8 Å². The monoisotopic (exact) mass is 436 g/mol. The number of carbonyl (C=O) groups excluding carboxylic acids is 1. The summed E-state index contributed by atoms with van der Waals surface area (Å²) in [6, 6.07) is 15.7. The van der Waals surface area contributed by atoms with Gasteiger partial charge in [-0.05, 0) is 66.4 Å². The van der Waals surface area contributed by atoms with Crippen LogP contribution in [0.1, 0.15) is 38.2 Å². The van der Waals surface area contributed by atoms with Gasteiger partial charge in [-0.3, -0.25) is 9.69 Å². The first-order valence-electron chi connectivity index (χ1n) is 10.7. The average Bonchev–Trinajstić information content (AvgIpc) is 3.09. The van der Waals surface area contributed by atoms with Gasteiger partial charge in [-0.15, -0.1) is 0 Å². The summed E-state index contributed by atoms with van der Waals surface area (Å²) in [5, 5.41) is 0.765. The molecule has 1 amide bonds. The smallest absolute Gasteiger partial charge is 0.267 e. The van der Waals surface area contributed by atoms with Crippen molar-refractivity contribution in [3.63, 3.8) is 0 Å². The molecule has 0 spiro atoms. The predicted molar refractivity (Wildman–Crippen MR) is 127 cm³/mol. The second-order valence-corrected chi connectivity index (χ2v) is 8.97. The lowest BCUT2D eigenvalue weighted by molar-refractivity contribution is -0.124. The molecule has 31 heavy (non-hydrogen) atoms. The summed E-state index contributed by atoms with van der Waals surface area (Å²) in [5.41, 5.74) is 1.75. The van der Waals surface area contributed by atoms with Crippen LogP contribution in [0.15, 0.2) is 58.4 Å². The van der Waals surface area contributed by atoms with E-state index in [-0.39, 0.29) is 11.9 Å². The van der Waals surface area contributed by atoms with Crippen LogP contribution in [0.3, 0.4) is 0 Å². The van der Waals surface area contributed by atoms with E-state index in [1.807, 2.05) is 59.5 Å². The summed E-state index contributed by atoms with van der Waals surface area (Å²) in [5.74, 6) is 1.80. The number of hydrogen-bond donors (Lipinski definition) is 0. The lowest BCUT2D eigenvalue weighted by Crippen LogP contribution is -2.44. The summed E-state index contributed by atoms with van der Waals surface area (Å²) >= 11 is 1.45. The van der Waals surface area contributed by atoms with Gasteiger partial charge in [0.25, 0.3) is 5.91 Å². The van der Waals surface area contributed by atoms with E-state index < -0.39 is 0 Å². The third-order valence-corrected chi connectivity index (χ3v) is 6.90. The maximum Gasteiger partial charge on any atom is 0.267 e. The maximum absolute atomic E-state index is 13.5. The number of hydrogen-bond acceptors (Lipinski definition) is 5. The first-order valence-corrected chi connectivity index (χ1v) is 11.5. The molecule has 4 rings (SSSR count). The van der Waals surface area contributed by atoms with Crippen LogP contribution < -0.4 is 9.47 Å². The number of amides is 1. The van der Waals surface area contributed by atoms with Crippen molar-refractivity contribution in [3.05, 3.63) is 59.0 Å². The van der Waals surface area contributed by atoms with Gasteiger partial charge in [0, 0.05) is 6.04 Å². The minimum Gasteiger partial charge on any atom is -0.493 e. The molecule has 0 unspecified atom stereocenters. The molecule has 0 N–H and O–H groups in total. The van der Waals surface area contributed by atoms with Crippen molar-refractivity contribution in [3.8, 4) is 11.5 Å². The van der Waals surface area contributed by atoms with Gasteiger partial charge in [0.1, 0.15) is 0 Å². The van der Waals surface area contributed by atoms with Crippen LogP contribution in [0.5, 0.6) is 11.5 Å². The molecule has 0 aromatic heterocycles. The molecule has 1 aliphatic carbocycles. The summed E-state index contributed by atoms with van der Waals surface area (Å²) in [6.45, 7) is 2.25. The SMILES string of the molecule is COc1ccc(/C=C2\SC(=Nc3ccccc3)N([C@@H]3CCCC[C@H]3C)C2=O)cc1OC. The van der Waals surface area contributed by atoms with Crippen LogP contribution >= 0.6 is 11.8 Å². The molecule has 1 heterocycles. The fraction of sp³-hybridized carbons (Fsp3) is 0.360. The van der Waals surface area contributed by atoms with Crippen molar-refractivity contribution in [1.82, 2.24) is 4.90 Å². The zero-order valence-electron chi connectivity index (χ0n) is 18.2. The Bertz CT molecular complexity index is 1000. The Morgan fingerprint density at radius 1 is 1.03 bits per heavy atom. The van der Waals surface area contributed by atoms with Crippen LogP contribution in [0, 0.1) is 5.92 Å². The summed E-state index contributed by atoms with van der Waals surface area (Å²) in [4.78, 5) is 21.0. The van der Waals surface area contributed by atoms with Gasteiger partial charge in [-0.2, -0.15) is 0 Å². The van der Waals surface area contributed by atoms with Crippen LogP contribution in [-0.4, -0.2) is 36.2 Å². The number of amidine groups is 1. The highest BCUT2D eigenvalue weighted by atomic mass is 32.2. The summed E-state index contributed by atoms with van der Waals surface area (Å²) in [6.07, 6.45) is 6.46. The molecule has 162 valence electrons. The van der Waals surface area contributed by atoms with Gasteiger partial charge in [0.2, 0.25) is 0 Å². The molecule has 2 aromatic rings. The molecule has 6 heteroatoms. The van der Waals surface area contributed by atoms with Gasteiger partial charge in [0.15, 0.2) is 16.7 Å². The standard InChI is InChI=1S/C25H28N2O3S/c1-17-9-7-8-12-20(17)27-24(28)23(31-25(27)26-19-10-5-4-6-11-19)16-18-13-14-21(29-2)22(15-18)30-3/h4-6,10-11,13-17,20H,7-9,12H2,1-3H3/b23-16-,26-25?/t17-,20-/m1/s1. The van der Waals surface area contributed by atoms with Crippen molar-refractivity contribution >= 4 is 34.6 Å². The quantitative estimate of drug-likeness (QED) is 0.549. The van der Waals surface area contributed by atoms with E-state index in [0.29, 0.717) is 22.3 Å². The minimum atomic E-state index is 0.0354. The average molecular weight is 437 g/mol. The van der Waals surface area contributed by atoms with Crippen molar-refractivity contribution in [2.24, 2.45) is 10.9 Å². The normalized spacial score (nSPS) is 24.1. The van der Waals surface area contributed by atoms with E-state index in [4.69, 9.17) is 14.5 Å². The van der Waals surface area contributed by atoms with E-state index in [2.05, 4.69) is 6.92 Å². The highest BCUT2D eigenvalue weighted by molar-refractivity contribution is 8.18. The van der Waals surface area contributed by atoms with Crippen molar-refractivity contribution < 1.29 is 14.3 Å². The van der Waals surface area contributed by atoms with Crippen molar-refractivity contribution in [1.29, 1.82) is 0 Å². The second-order valence-electron chi connectivity index (χ2n) is 7.96. The first kappa shape index (κ1) is 21.5. The number of ether oxygens (including phenoxy) is 2. The fourth-order valence-electron chi connectivity index (χ4n) is 4.24. The molecule has 0 radical (unpaired) electrons. The topological polar surface area (TPSA) is 51.1 Å². The number of rotatable bonds is 5. The molecule has 2 fully saturated rings. The number of carbonyl (C=O) groups is 1. The molecule has 2 atom stereocenters. The Morgan fingerprint density at radius 2 is 1.77 bits per heavy atom. The highest BCUT2D eigenvalue weighted by Gasteiger charge is 2.41. The van der Waals surface area contributed by atoms with Gasteiger partial charge in [-0.25, -0.2) is 4.99 Å². The molecule has 1 aliphatic heterocycles. The predicted octanol–water partition coefficient (Wildman–Crippen LogP) is 5.89. The number of benzene rings is 2. The van der Waals surface area contributed by atoms with Gasteiger partial charge < -0.3 is 9.47 Å². The van der Waals surface area contributed by atoms with E-state index >= 15 is 0 Å². The van der Waals surface area contributed by atoms with E-state index in [1.165, 1.54) is 18.2 Å². The number of nitrogens with zero attached hydrogens (tertiary/aromatic N) is 2. The number of aliphatic imine (C=N–C) groups is 1. The molecule has 5 nitrogen and oxygen atoms in total. The van der Waals surface area contributed by atoms with E-state index in [1.54, 1.807) is 14.2 Å². The third kappa shape index (κ3) is 4.64. The van der Waals surface area contributed by atoms with Crippen LogP contribution in [0.4, 0.5) is 5.69 Å². The van der Waals surface area contributed by atoms with Crippen LogP contribution in [0.2, 0.25) is 0 Å². The summed E-state index contributed by atoms with van der Waals surface area (Å²) in [7, 11) is 3.23. The highest BCUT2D eigenvalue weighted by Crippen LogP contribution is 2.40. The number of methoxy groups -OCH3 is 2. The van der Waals surface area contributed by atoms with Crippen LogP contribution in [-0.2, 0) is 4.79 Å². The van der Waals surface area contributed by atoms with Crippen molar-refractivity contribution in [2.75, 3.05) is 14.2 Å².